The van der Waals surface area contributed by atoms with Gasteiger partial charge in [-0.3, -0.25) is 0 Å². The van der Waals surface area contributed by atoms with Gasteiger partial charge in [0.1, 0.15) is 6.61 Å². The summed E-state index contributed by atoms with van der Waals surface area (Å²) in [6, 6.07) is 7.72. The molecule has 0 spiro atoms. The predicted molar refractivity (Wildman–Crippen MR) is 79.7 cm³/mol. The number of benzene rings is 1. The van der Waals surface area contributed by atoms with Crippen molar-refractivity contribution in [3.05, 3.63) is 42.0 Å². The van der Waals surface area contributed by atoms with E-state index < -0.39 is 9.28 Å². The second-order valence-corrected chi connectivity index (χ2v) is 5.86. The summed E-state index contributed by atoms with van der Waals surface area (Å²) in [6.07, 6.45) is 0. The quantitative estimate of drug-likeness (QED) is 0.418. The Balaban J connectivity index is 2.85. The van der Waals surface area contributed by atoms with Gasteiger partial charge in [-0.25, -0.2) is 4.79 Å². The molecule has 109 valence electrons. The van der Waals surface area contributed by atoms with Crippen LogP contribution in [0.15, 0.2) is 36.4 Å². The molecule has 0 atom stereocenters. The first kappa shape index (κ1) is 16.6. The summed E-state index contributed by atoms with van der Waals surface area (Å²) in [5.74, 6) is -0.388. The molecule has 0 aromatic heterocycles. The molecule has 1 radical (unpaired) electrons. The molecule has 4 nitrogen and oxygen atoms in total. The fraction of sp³-hybridized carbons (Fsp3) is 0.400. The Morgan fingerprint density at radius 1 is 1.20 bits per heavy atom. The van der Waals surface area contributed by atoms with Crippen LogP contribution in [-0.4, -0.2) is 28.5 Å². The predicted octanol–water partition coefficient (Wildman–Crippen LogP) is 2.07. The summed E-state index contributed by atoms with van der Waals surface area (Å²) >= 11 is 0. The Morgan fingerprint density at radius 3 is 2.35 bits per heavy atom. The summed E-state index contributed by atoms with van der Waals surface area (Å²) in [6.45, 7) is 10.5. The van der Waals surface area contributed by atoms with Crippen molar-refractivity contribution in [2.24, 2.45) is 0 Å². The Kier molecular flexibility index (Phi) is 7.21. The van der Waals surface area contributed by atoms with E-state index in [2.05, 4.69) is 6.58 Å². The van der Waals surface area contributed by atoms with E-state index in [9.17, 15) is 4.79 Å². The third-order valence-electron chi connectivity index (χ3n) is 2.50. The van der Waals surface area contributed by atoms with Crippen LogP contribution < -0.4 is 5.19 Å². The van der Waals surface area contributed by atoms with Crippen LogP contribution in [-0.2, 0) is 25.0 Å². The van der Waals surface area contributed by atoms with E-state index in [1.54, 1.807) is 6.92 Å². The Morgan fingerprint density at radius 2 is 1.80 bits per heavy atom. The molecule has 1 aromatic carbocycles. The van der Waals surface area contributed by atoms with Gasteiger partial charge in [-0.2, -0.15) is 0 Å². The van der Waals surface area contributed by atoms with E-state index in [0.717, 1.165) is 10.8 Å². The summed E-state index contributed by atoms with van der Waals surface area (Å²) in [7, 11) is -1.53. The number of hydrogen-bond donors (Lipinski definition) is 0. The smallest absolute Gasteiger partial charge is 0.424 e. The van der Waals surface area contributed by atoms with Gasteiger partial charge >= 0.3 is 15.3 Å². The fourth-order valence-electron chi connectivity index (χ4n) is 1.57. The van der Waals surface area contributed by atoms with Crippen molar-refractivity contribution >= 4 is 20.4 Å². The minimum atomic E-state index is -1.53. The van der Waals surface area contributed by atoms with E-state index in [1.165, 1.54) is 0 Å². The maximum atomic E-state index is 11.5. The average molecular weight is 293 g/mol. The lowest BCUT2D eigenvalue weighted by molar-refractivity contribution is -0.140. The average Bonchev–Trinajstić information content (AvgIpc) is 2.44. The van der Waals surface area contributed by atoms with Gasteiger partial charge in [-0.05, 0) is 26.3 Å². The van der Waals surface area contributed by atoms with E-state index in [-0.39, 0.29) is 12.6 Å². The van der Waals surface area contributed by atoms with Crippen LogP contribution in [0, 0.1) is 0 Å². The van der Waals surface area contributed by atoms with E-state index in [0.29, 0.717) is 18.8 Å². The Bertz CT molecular complexity index is 453. The molecule has 1 aromatic rings. The maximum Gasteiger partial charge on any atom is 0.424 e. The van der Waals surface area contributed by atoms with Crippen LogP contribution in [0.3, 0.4) is 0 Å². The molecule has 0 saturated heterocycles. The molecule has 0 aliphatic heterocycles. The Labute approximate surface area is 122 Å². The molecule has 20 heavy (non-hydrogen) atoms. The second kappa shape index (κ2) is 8.68. The summed E-state index contributed by atoms with van der Waals surface area (Å²) in [4.78, 5) is 11.5. The number of hydrogen-bond acceptors (Lipinski definition) is 4. The molecule has 0 unspecified atom stereocenters. The molecule has 0 N–H and O–H groups in total. The lowest BCUT2D eigenvalue weighted by Gasteiger charge is -2.17. The highest BCUT2D eigenvalue weighted by Gasteiger charge is 2.21. The number of ether oxygens (including phenoxy) is 1. The highest BCUT2D eigenvalue weighted by atomic mass is 28.3. The molecule has 0 heterocycles. The first-order valence-corrected chi connectivity index (χ1v) is 7.95. The van der Waals surface area contributed by atoms with Gasteiger partial charge in [-0.15, -0.1) is 0 Å². The summed E-state index contributed by atoms with van der Waals surface area (Å²) < 4.78 is 16.6. The van der Waals surface area contributed by atoms with Crippen molar-refractivity contribution in [3.8, 4) is 0 Å². The topological polar surface area (TPSA) is 44.8 Å². The van der Waals surface area contributed by atoms with Crippen LogP contribution in [0.4, 0.5) is 0 Å². The van der Waals surface area contributed by atoms with E-state index >= 15 is 0 Å². The molecule has 0 amide bonds. The molecule has 0 bridgehead atoms. The van der Waals surface area contributed by atoms with Gasteiger partial charge in [0.2, 0.25) is 0 Å². The third-order valence-corrected chi connectivity index (χ3v) is 4.52. The fourth-order valence-corrected chi connectivity index (χ4v) is 3.14. The van der Waals surface area contributed by atoms with Gasteiger partial charge in [0.15, 0.2) is 0 Å². The van der Waals surface area contributed by atoms with E-state index in [1.807, 2.05) is 38.1 Å². The maximum absolute atomic E-state index is 11.5. The standard InChI is InChI=1S/C15H21O4Si/c1-5-18-20(19-6-2)14-10-8-7-9-13(14)11-17-15(16)12(3)4/h7-10H,3,5-6,11H2,1-2,4H3. The Hall–Kier alpha value is -1.43. The highest BCUT2D eigenvalue weighted by Crippen LogP contribution is 2.05. The molecule has 0 aliphatic carbocycles. The van der Waals surface area contributed by atoms with Crippen LogP contribution in [0.5, 0.6) is 0 Å². The summed E-state index contributed by atoms with van der Waals surface area (Å²) in [5.41, 5.74) is 1.31. The molecule has 1 rings (SSSR count). The lowest BCUT2D eigenvalue weighted by atomic mass is 10.2. The first-order valence-electron chi connectivity index (χ1n) is 6.63. The molecule has 0 saturated carbocycles. The molecule has 5 heteroatoms. The van der Waals surface area contributed by atoms with Gasteiger partial charge in [-0.1, -0.05) is 30.8 Å². The molecule has 0 fully saturated rings. The number of rotatable bonds is 8. The zero-order chi connectivity index (χ0) is 15.0. The van der Waals surface area contributed by atoms with Crippen LogP contribution in [0.2, 0.25) is 0 Å². The second-order valence-electron chi connectivity index (χ2n) is 4.17. The number of carbonyl (C=O) groups excluding carboxylic acids is 1. The third kappa shape index (κ3) is 4.92. The van der Waals surface area contributed by atoms with Crippen molar-refractivity contribution in [3.63, 3.8) is 0 Å². The number of esters is 1. The van der Waals surface area contributed by atoms with Crippen molar-refractivity contribution in [1.82, 2.24) is 0 Å². The van der Waals surface area contributed by atoms with Gasteiger partial charge < -0.3 is 13.6 Å². The lowest BCUT2D eigenvalue weighted by Crippen LogP contribution is -2.39. The zero-order valence-corrected chi connectivity index (χ0v) is 13.3. The number of carbonyl (C=O) groups is 1. The van der Waals surface area contributed by atoms with Crippen LogP contribution >= 0.6 is 0 Å². The first-order chi connectivity index (χ1) is 9.60. The molecular formula is C15H21O4Si. The van der Waals surface area contributed by atoms with Crippen molar-refractivity contribution in [2.45, 2.75) is 27.4 Å². The monoisotopic (exact) mass is 293 g/mol. The van der Waals surface area contributed by atoms with Gasteiger partial charge in [0.05, 0.1) is 0 Å². The molecular weight excluding hydrogens is 272 g/mol. The molecule has 0 aliphatic rings. The van der Waals surface area contributed by atoms with E-state index in [4.69, 9.17) is 13.6 Å². The van der Waals surface area contributed by atoms with Crippen LogP contribution in [0.25, 0.3) is 0 Å². The SMILES string of the molecule is C=C(C)C(=O)OCc1ccccc1[Si](OCC)OCC. The van der Waals surface area contributed by atoms with Crippen LogP contribution in [0.1, 0.15) is 26.3 Å². The normalized spacial score (nSPS) is 10.6. The minimum absolute atomic E-state index is 0.205. The van der Waals surface area contributed by atoms with Crippen molar-refractivity contribution < 1.29 is 18.4 Å². The minimum Gasteiger partial charge on any atom is -0.457 e. The zero-order valence-electron chi connectivity index (χ0n) is 12.3. The van der Waals surface area contributed by atoms with Gasteiger partial charge in [0.25, 0.3) is 0 Å². The summed E-state index contributed by atoms with van der Waals surface area (Å²) in [5, 5.41) is 0.982. The largest absolute Gasteiger partial charge is 0.457 e. The highest BCUT2D eigenvalue weighted by molar-refractivity contribution is 6.61. The van der Waals surface area contributed by atoms with Crippen molar-refractivity contribution in [1.29, 1.82) is 0 Å². The van der Waals surface area contributed by atoms with Crippen molar-refractivity contribution in [2.75, 3.05) is 13.2 Å². The van der Waals surface area contributed by atoms with Gasteiger partial charge in [0, 0.05) is 24.0 Å².